The minimum Gasteiger partial charge on any atom is -0.341 e. The molecule has 3 aromatic rings. The summed E-state index contributed by atoms with van der Waals surface area (Å²) >= 11 is 0. The Hall–Kier alpha value is -4.33. The maximum Gasteiger partial charge on any atom is 0.332 e. The van der Waals surface area contributed by atoms with Crippen LogP contribution in [0.5, 0.6) is 0 Å². The third-order valence-corrected chi connectivity index (χ3v) is 6.10. The molecule has 0 radical (unpaired) electrons. The number of nitrogens with two attached hydrogens (primary N) is 1. The summed E-state index contributed by atoms with van der Waals surface area (Å²) in [5.74, 6) is 6.39. The molecular formula is C24H24N8O2. The quantitative estimate of drug-likeness (QED) is 0.568. The third kappa shape index (κ3) is 3.83. The predicted octanol–water partition coefficient (Wildman–Crippen LogP) is 0.639. The van der Waals surface area contributed by atoms with Gasteiger partial charge >= 0.3 is 5.69 Å². The zero-order valence-corrected chi connectivity index (χ0v) is 19.1. The molecule has 2 N–H and O–H groups in total. The van der Waals surface area contributed by atoms with Crippen LogP contribution in [-0.4, -0.2) is 37.8 Å². The highest BCUT2D eigenvalue weighted by Gasteiger charge is 2.26. The van der Waals surface area contributed by atoms with Gasteiger partial charge in [-0.1, -0.05) is 12.0 Å². The van der Waals surface area contributed by atoms with Gasteiger partial charge in [-0.25, -0.2) is 4.79 Å². The lowest BCUT2D eigenvalue weighted by Crippen LogP contribution is -2.44. The summed E-state index contributed by atoms with van der Waals surface area (Å²) in [6, 6.07) is 8.79. The SMILES string of the molecule is CC#CCn1c(N2CCCC(N)C2)nc2c1c(=O)n(Cc1c(C#N)cccc1C#N)c(=O)n2C. The zero-order chi connectivity index (χ0) is 24.4. The van der Waals surface area contributed by atoms with E-state index in [1.54, 1.807) is 36.7 Å². The Bertz CT molecular complexity index is 1500. The summed E-state index contributed by atoms with van der Waals surface area (Å²) in [5, 5.41) is 19.0. The van der Waals surface area contributed by atoms with E-state index in [1.165, 1.54) is 4.57 Å². The number of nitrogens with zero attached hydrogens (tertiary/aromatic N) is 7. The number of hydrogen-bond donors (Lipinski definition) is 1. The topological polar surface area (TPSA) is 139 Å². The van der Waals surface area contributed by atoms with E-state index in [0.717, 1.165) is 24.0 Å². The molecule has 1 saturated heterocycles. The largest absolute Gasteiger partial charge is 0.341 e. The Morgan fingerprint density at radius 2 is 1.88 bits per heavy atom. The van der Waals surface area contributed by atoms with Crippen molar-refractivity contribution in [3.63, 3.8) is 0 Å². The molecule has 10 nitrogen and oxygen atoms in total. The van der Waals surface area contributed by atoms with E-state index in [1.807, 2.05) is 17.0 Å². The average molecular weight is 457 g/mol. The molecule has 0 saturated carbocycles. The molecule has 2 aromatic heterocycles. The normalized spacial score (nSPS) is 15.4. The minimum absolute atomic E-state index is 0.00775. The van der Waals surface area contributed by atoms with Gasteiger partial charge in [-0.15, -0.1) is 5.92 Å². The third-order valence-electron chi connectivity index (χ3n) is 6.10. The summed E-state index contributed by atoms with van der Waals surface area (Å²) in [6.45, 7) is 3.06. The van der Waals surface area contributed by atoms with Crippen LogP contribution in [0.2, 0.25) is 0 Å². The van der Waals surface area contributed by atoms with Gasteiger partial charge < -0.3 is 10.6 Å². The van der Waals surface area contributed by atoms with Gasteiger partial charge in [-0.2, -0.15) is 15.5 Å². The molecule has 1 unspecified atom stereocenters. The number of aryl methyl sites for hydroxylation is 1. The molecule has 1 aliphatic heterocycles. The van der Waals surface area contributed by atoms with E-state index in [9.17, 15) is 20.1 Å². The van der Waals surface area contributed by atoms with Gasteiger partial charge in [-0.3, -0.25) is 18.5 Å². The van der Waals surface area contributed by atoms with Gasteiger partial charge in [0, 0.05) is 31.7 Å². The lowest BCUT2D eigenvalue weighted by Gasteiger charge is -2.31. The lowest BCUT2D eigenvalue weighted by molar-refractivity contribution is 0.496. The molecule has 1 aromatic carbocycles. The smallest absolute Gasteiger partial charge is 0.332 e. The van der Waals surface area contributed by atoms with Crippen molar-refractivity contribution in [2.45, 2.75) is 38.9 Å². The molecule has 34 heavy (non-hydrogen) atoms. The summed E-state index contributed by atoms with van der Waals surface area (Å²) in [5.41, 5.74) is 6.35. The van der Waals surface area contributed by atoms with Crippen molar-refractivity contribution in [2.75, 3.05) is 18.0 Å². The van der Waals surface area contributed by atoms with Crippen LogP contribution in [0.3, 0.4) is 0 Å². The highest BCUT2D eigenvalue weighted by atomic mass is 16.2. The highest BCUT2D eigenvalue weighted by Crippen LogP contribution is 2.23. The van der Waals surface area contributed by atoms with Crippen molar-refractivity contribution in [2.24, 2.45) is 12.8 Å². The number of benzene rings is 1. The van der Waals surface area contributed by atoms with E-state index in [0.29, 0.717) is 18.1 Å². The van der Waals surface area contributed by atoms with Crippen molar-refractivity contribution >= 4 is 17.1 Å². The zero-order valence-electron chi connectivity index (χ0n) is 19.1. The van der Waals surface area contributed by atoms with Gasteiger partial charge in [0.1, 0.15) is 0 Å². The Balaban J connectivity index is 1.97. The van der Waals surface area contributed by atoms with Crippen LogP contribution >= 0.6 is 0 Å². The molecule has 1 atom stereocenters. The van der Waals surface area contributed by atoms with Crippen LogP contribution in [0.1, 0.15) is 36.5 Å². The maximum absolute atomic E-state index is 13.7. The average Bonchev–Trinajstić information content (AvgIpc) is 3.23. The first kappa shape index (κ1) is 22.8. The van der Waals surface area contributed by atoms with Crippen molar-refractivity contribution in [3.05, 3.63) is 55.7 Å². The Morgan fingerprint density at radius 3 is 2.50 bits per heavy atom. The highest BCUT2D eigenvalue weighted by molar-refractivity contribution is 5.75. The van der Waals surface area contributed by atoms with Crippen LogP contribution in [0, 0.1) is 34.5 Å². The van der Waals surface area contributed by atoms with E-state index in [-0.39, 0.29) is 41.4 Å². The lowest BCUT2D eigenvalue weighted by atomic mass is 10.0. The van der Waals surface area contributed by atoms with E-state index in [2.05, 4.69) is 16.8 Å². The van der Waals surface area contributed by atoms with Crippen LogP contribution in [0.4, 0.5) is 5.95 Å². The fourth-order valence-corrected chi connectivity index (χ4v) is 4.37. The second-order valence-corrected chi connectivity index (χ2v) is 8.23. The van der Waals surface area contributed by atoms with Gasteiger partial charge in [0.15, 0.2) is 11.2 Å². The van der Waals surface area contributed by atoms with E-state index < -0.39 is 11.2 Å². The van der Waals surface area contributed by atoms with Gasteiger partial charge in [-0.05, 0) is 31.9 Å². The van der Waals surface area contributed by atoms with Crippen molar-refractivity contribution < 1.29 is 0 Å². The predicted molar refractivity (Wildman–Crippen MR) is 127 cm³/mol. The molecular weight excluding hydrogens is 432 g/mol. The molecule has 4 rings (SSSR count). The molecule has 10 heteroatoms. The molecule has 172 valence electrons. The van der Waals surface area contributed by atoms with Crippen molar-refractivity contribution in [1.29, 1.82) is 10.5 Å². The number of hydrogen-bond acceptors (Lipinski definition) is 7. The monoisotopic (exact) mass is 456 g/mol. The summed E-state index contributed by atoms with van der Waals surface area (Å²) in [7, 11) is 1.55. The van der Waals surface area contributed by atoms with E-state index in [4.69, 9.17) is 5.73 Å². The molecule has 3 heterocycles. The molecule has 0 amide bonds. The standard InChI is InChI=1S/C24H24N8O2/c1-3-4-11-31-20-21(28-23(31)30-10-6-9-18(27)14-30)29(2)24(34)32(22(20)33)15-19-16(12-25)7-5-8-17(19)13-26/h5,7-8,18H,6,9-11,14-15,27H2,1-2H3. The first-order chi connectivity index (χ1) is 16.4. The fourth-order valence-electron chi connectivity index (χ4n) is 4.37. The summed E-state index contributed by atoms with van der Waals surface area (Å²) < 4.78 is 4.09. The van der Waals surface area contributed by atoms with Crippen molar-refractivity contribution in [3.8, 4) is 24.0 Å². The molecule has 0 spiro atoms. The number of aromatic nitrogens is 4. The minimum atomic E-state index is -0.581. The van der Waals surface area contributed by atoms with Gasteiger partial charge in [0.25, 0.3) is 5.56 Å². The van der Waals surface area contributed by atoms with Crippen LogP contribution < -0.4 is 21.9 Å². The maximum atomic E-state index is 13.7. The molecule has 1 fully saturated rings. The number of piperidine rings is 1. The number of anilines is 1. The van der Waals surface area contributed by atoms with Gasteiger partial charge in [0.2, 0.25) is 5.95 Å². The summed E-state index contributed by atoms with van der Waals surface area (Å²) in [6.07, 6.45) is 1.81. The van der Waals surface area contributed by atoms with Crippen molar-refractivity contribution in [1.82, 2.24) is 18.7 Å². The number of fused-ring (bicyclic) bond motifs is 1. The first-order valence-electron chi connectivity index (χ1n) is 10.9. The molecule has 0 aliphatic carbocycles. The number of imidazole rings is 1. The van der Waals surface area contributed by atoms with Crippen LogP contribution in [0.25, 0.3) is 11.2 Å². The van der Waals surface area contributed by atoms with Crippen LogP contribution in [-0.2, 0) is 20.1 Å². The molecule has 0 bridgehead atoms. The second-order valence-electron chi connectivity index (χ2n) is 8.23. The summed E-state index contributed by atoms with van der Waals surface area (Å²) in [4.78, 5) is 33.6. The van der Waals surface area contributed by atoms with Gasteiger partial charge in [0.05, 0.1) is 36.4 Å². The Morgan fingerprint density at radius 1 is 1.18 bits per heavy atom. The van der Waals surface area contributed by atoms with E-state index >= 15 is 0 Å². The second kappa shape index (κ2) is 9.27. The molecule has 1 aliphatic rings. The Labute approximate surface area is 196 Å². The number of rotatable bonds is 4. The Kier molecular flexibility index (Phi) is 6.23. The van der Waals surface area contributed by atoms with Crippen LogP contribution in [0.15, 0.2) is 27.8 Å². The fraction of sp³-hybridized carbons (Fsp3) is 0.375. The first-order valence-corrected chi connectivity index (χ1v) is 10.9. The number of nitriles is 2.